The maximum Gasteiger partial charge on any atom is 0.306 e. The van der Waals surface area contributed by atoms with E-state index in [1.807, 2.05) is 0 Å². The van der Waals surface area contributed by atoms with Gasteiger partial charge < -0.3 is 14.2 Å². The van der Waals surface area contributed by atoms with E-state index < -0.39 is 6.10 Å². The summed E-state index contributed by atoms with van der Waals surface area (Å²) in [6, 6.07) is 0. The maximum absolute atomic E-state index is 12.8. The molecule has 0 saturated carbocycles. The SMILES string of the molecule is CCCCCC/C=C\CCCCCCCC(=O)OC[C@H](COC(=O)CCCCCCC/C=C\CCCCCCCC)OC(=O)CCCCCCC/C=C\CCCCCCCC. The number of hydrogen-bond acceptors (Lipinski definition) is 6. The van der Waals surface area contributed by atoms with Crippen molar-refractivity contribution in [2.24, 2.45) is 0 Å². The van der Waals surface area contributed by atoms with Crippen LogP contribution in [0.2, 0.25) is 0 Å². The van der Waals surface area contributed by atoms with Gasteiger partial charge in [0, 0.05) is 19.3 Å². The number of ether oxygens (including phenoxy) is 3. The van der Waals surface area contributed by atoms with E-state index in [2.05, 4.69) is 57.2 Å². The predicted molar refractivity (Wildman–Crippen MR) is 261 cm³/mol. The first-order valence-electron chi connectivity index (χ1n) is 26.5. The van der Waals surface area contributed by atoms with Crippen molar-refractivity contribution in [2.75, 3.05) is 13.2 Å². The minimum atomic E-state index is -0.780. The van der Waals surface area contributed by atoms with Gasteiger partial charge >= 0.3 is 17.9 Å². The van der Waals surface area contributed by atoms with Crippen molar-refractivity contribution in [1.29, 1.82) is 0 Å². The number of unbranched alkanes of at least 4 members (excludes halogenated alkanes) is 31. The number of allylic oxidation sites excluding steroid dienone is 6. The van der Waals surface area contributed by atoms with Gasteiger partial charge in [-0.2, -0.15) is 0 Å². The maximum atomic E-state index is 12.8. The quantitative estimate of drug-likeness (QED) is 0.0262. The average molecular weight is 857 g/mol. The molecule has 356 valence electrons. The number of hydrogen-bond donors (Lipinski definition) is 0. The molecule has 0 saturated heterocycles. The Hall–Kier alpha value is -2.37. The Labute approximate surface area is 378 Å². The summed E-state index contributed by atoms with van der Waals surface area (Å²) in [4.78, 5) is 38.0. The van der Waals surface area contributed by atoms with Crippen molar-refractivity contribution < 1.29 is 28.6 Å². The van der Waals surface area contributed by atoms with Crippen molar-refractivity contribution in [3.05, 3.63) is 36.5 Å². The van der Waals surface area contributed by atoms with Crippen LogP contribution in [-0.2, 0) is 28.6 Å². The molecule has 0 amide bonds. The third-order valence-electron chi connectivity index (χ3n) is 11.6. The Balaban J connectivity index is 4.39. The first-order valence-corrected chi connectivity index (χ1v) is 26.5. The van der Waals surface area contributed by atoms with E-state index in [9.17, 15) is 14.4 Å². The van der Waals surface area contributed by atoms with Crippen LogP contribution in [-0.4, -0.2) is 37.2 Å². The van der Waals surface area contributed by atoms with E-state index in [4.69, 9.17) is 14.2 Å². The summed E-state index contributed by atoms with van der Waals surface area (Å²) >= 11 is 0. The smallest absolute Gasteiger partial charge is 0.306 e. The molecule has 1 atom stereocenters. The molecule has 0 radical (unpaired) electrons. The lowest BCUT2D eigenvalue weighted by Crippen LogP contribution is -2.30. The highest BCUT2D eigenvalue weighted by atomic mass is 16.6. The van der Waals surface area contributed by atoms with Crippen LogP contribution in [0, 0.1) is 0 Å². The molecule has 0 N–H and O–H groups in total. The molecule has 0 aromatic heterocycles. The molecule has 6 nitrogen and oxygen atoms in total. The zero-order valence-electron chi connectivity index (χ0n) is 40.7. The second kappa shape index (κ2) is 50.3. The van der Waals surface area contributed by atoms with Crippen LogP contribution in [0.5, 0.6) is 0 Å². The van der Waals surface area contributed by atoms with Crippen molar-refractivity contribution in [3.8, 4) is 0 Å². The zero-order chi connectivity index (χ0) is 44.4. The van der Waals surface area contributed by atoms with Gasteiger partial charge in [0.1, 0.15) is 13.2 Å². The van der Waals surface area contributed by atoms with Crippen LogP contribution in [0.1, 0.15) is 278 Å². The van der Waals surface area contributed by atoms with Crippen molar-refractivity contribution in [1.82, 2.24) is 0 Å². The monoisotopic (exact) mass is 857 g/mol. The molecule has 0 aliphatic rings. The Morgan fingerprint density at radius 3 is 0.836 bits per heavy atom. The second-order valence-electron chi connectivity index (χ2n) is 17.8. The third kappa shape index (κ3) is 48.5. The summed E-state index contributed by atoms with van der Waals surface area (Å²) < 4.78 is 16.8. The van der Waals surface area contributed by atoms with Crippen LogP contribution >= 0.6 is 0 Å². The lowest BCUT2D eigenvalue weighted by molar-refractivity contribution is -0.167. The first-order chi connectivity index (χ1) is 30.0. The average Bonchev–Trinajstić information content (AvgIpc) is 3.26. The van der Waals surface area contributed by atoms with E-state index in [-0.39, 0.29) is 31.1 Å². The molecule has 0 aromatic carbocycles. The fourth-order valence-electron chi connectivity index (χ4n) is 7.54. The van der Waals surface area contributed by atoms with Crippen LogP contribution in [0.4, 0.5) is 0 Å². The molecular formula is C55H100O6. The minimum absolute atomic E-state index is 0.0809. The number of carbonyl (C=O) groups excluding carboxylic acids is 3. The van der Waals surface area contributed by atoms with Crippen molar-refractivity contribution >= 4 is 17.9 Å². The number of esters is 3. The highest BCUT2D eigenvalue weighted by Crippen LogP contribution is 2.14. The molecule has 0 bridgehead atoms. The first kappa shape index (κ1) is 58.6. The molecule has 0 rings (SSSR count). The van der Waals surface area contributed by atoms with E-state index in [1.54, 1.807) is 0 Å². The summed E-state index contributed by atoms with van der Waals surface area (Å²) in [5.74, 6) is -0.896. The highest BCUT2D eigenvalue weighted by molar-refractivity contribution is 5.71. The molecular weight excluding hydrogens is 757 g/mol. The van der Waals surface area contributed by atoms with Gasteiger partial charge in [0.05, 0.1) is 0 Å². The lowest BCUT2D eigenvalue weighted by Gasteiger charge is -2.18. The topological polar surface area (TPSA) is 78.9 Å². The minimum Gasteiger partial charge on any atom is -0.462 e. The van der Waals surface area contributed by atoms with Crippen molar-refractivity contribution in [3.63, 3.8) is 0 Å². The summed E-state index contributed by atoms with van der Waals surface area (Å²) in [6.45, 7) is 6.61. The standard InChI is InChI=1S/C55H100O6/c1-4-7-10-13-16-19-22-25-27-30-33-36-39-42-45-48-54(57)60-51-52(50-59-53(56)47-44-41-38-35-32-29-24-21-18-15-12-9-6-3)61-55(58)49-46-43-40-37-34-31-28-26-23-20-17-14-11-8-5-2/h21,24-28,52H,4-20,22-23,29-51H2,1-3H3/b24-21-,27-25-,28-26-/t52-/m1/s1. The molecule has 0 unspecified atom stereocenters. The molecule has 61 heavy (non-hydrogen) atoms. The Bertz CT molecular complexity index is 1030. The zero-order valence-corrected chi connectivity index (χ0v) is 40.7. The van der Waals surface area contributed by atoms with Gasteiger partial charge in [-0.3, -0.25) is 14.4 Å². The van der Waals surface area contributed by atoms with Gasteiger partial charge in [0.2, 0.25) is 0 Å². The third-order valence-corrected chi connectivity index (χ3v) is 11.6. The summed E-state index contributed by atoms with van der Waals surface area (Å²) in [7, 11) is 0. The Kier molecular flexibility index (Phi) is 48.3. The van der Waals surface area contributed by atoms with Gasteiger partial charge in [0.15, 0.2) is 6.10 Å². The van der Waals surface area contributed by atoms with E-state index in [1.165, 1.54) is 154 Å². The van der Waals surface area contributed by atoms with E-state index in [0.717, 1.165) is 83.5 Å². The van der Waals surface area contributed by atoms with Gasteiger partial charge in [-0.05, 0) is 96.3 Å². The van der Waals surface area contributed by atoms with Crippen LogP contribution < -0.4 is 0 Å². The van der Waals surface area contributed by atoms with Crippen LogP contribution in [0.25, 0.3) is 0 Å². The summed E-state index contributed by atoms with van der Waals surface area (Å²) in [6.07, 6.45) is 58.4. The normalized spacial score (nSPS) is 12.2. The van der Waals surface area contributed by atoms with E-state index >= 15 is 0 Å². The Morgan fingerprint density at radius 2 is 0.541 bits per heavy atom. The fourth-order valence-corrected chi connectivity index (χ4v) is 7.54. The molecule has 0 fully saturated rings. The van der Waals surface area contributed by atoms with Gasteiger partial charge in [0.25, 0.3) is 0 Å². The molecule has 0 spiro atoms. The largest absolute Gasteiger partial charge is 0.462 e. The van der Waals surface area contributed by atoms with Crippen molar-refractivity contribution in [2.45, 2.75) is 284 Å². The molecule has 0 aromatic rings. The van der Waals surface area contributed by atoms with Crippen LogP contribution in [0.15, 0.2) is 36.5 Å². The fraction of sp³-hybridized carbons (Fsp3) is 0.836. The van der Waals surface area contributed by atoms with E-state index in [0.29, 0.717) is 19.3 Å². The van der Waals surface area contributed by atoms with Gasteiger partial charge in [-0.15, -0.1) is 0 Å². The Morgan fingerprint density at radius 1 is 0.311 bits per heavy atom. The second-order valence-corrected chi connectivity index (χ2v) is 17.8. The predicted octanol–water partition coefficient (Wildman–Crippen LogP) is 17.3. The summed E-state index contributed by atoms with van der Waals surface area (Å²) in [5, 5.41) is 0. The molecule has 0 aliphatic heterocycles. The van der Waals surface area contributed by atoms with Crippen LogP contribution in [0.3, 0.4) is 0 Å². The summed E-state index contributed by atoms with van der Waals surface area (Å²) in [5.41, 5.74) is 0. The number of carbonyl (C=O) groups is 3. The van der Waals surface area contributed by atoms with Gasteiger partial charge in [-0.1, -0.05) is 198 Å². The molecule has 0 heterocycles. The molecule has 0 aliphatic carbocycles. The molecule has 6 heteroatoms. The van der Waals surface area contributed by atoms with Gasteiger partial charge in [-0.25, -0.2) is 0 Å². The number of rotatable bonds is 48. The highest BCUT2D eigenvalue weighted by Gasteiger charge is 2.19. The lowest BCUT2D eigenvalue weighted by atomic mass is 10.1.